The van der Waals surface area contributed by atoms with E-state index in [-0.39, 0.29) is 23.6 Å². The SMILES string of the molecule is CC1=NOC(C(=O)N2CCC(Oc3ccccc3F)CC2)C1. The number of halogens is 1. The maximum absolute atomic E-state index is 13.6. The van der Waals surface area contributed by atoms with E-state index in [2.05, 4.69) is 5.16 Å². The van der Waals surface area contributed by atoms with Crippen LogP contribution in [0.4, 0.5) is 4.39 Å². The molecule has 6 heteroatoms. The van der Waals surface area contributed by atoms with E-state index in [1.54, 1.807) is 23.1 Å². The largest absolute Gasteiger partial charge is 0.487 e. The number of likely N-dealkylation sites (tertiary alicyclic amines) is 1. The minimum atomic E-state index is -0.482. The van der Waals surface area contributed by atoms with E-state index < -0.39 is 6.10 Å². The molecule has 0 saturated carbocycles. The lowest BCUT2D eigenvalue weighted by molar-refractivity contribution is -0.143. The van der Waals surface area contributed by atoms with Gasteiger partial charge in [0.2, 0.25) is 6.10 Å². The third kappa shape index (κ3) is 3.21. The predicted octanol–water partition coefficient (Wildman–Crippen LogP) is 2.36. The molecule has 1 saturated heterocycles. The fourth-order valence-corrected chi connectivity index (χ4v) is 2.75. The van der Waals surface area contributed by atoms with Gasteiger partial charge < -0.3 is 14.5 Å². The number of piperidine rings is 1. The fourth-order valence-electron chi connectivity index (χ4n) is 2.75. The quantitative estimate of drug-likeness (QED) is 0.861. The number of carbonyl (C=O) groups excluding carboxylic acids is 1. The molecule has 1 unspecified atom stereocenters. The lowest BCUT2D eigenvalue weighted by atomic mass is 10.1. The minimum absolute atomic E-state index is 0.0232. The zero-order chi connectivity index (χ0) is 15.5. The van der Waals surface area contributed by atoms with Crippen LogP contribution in [-0.2, 0) is 9.63 Å². The molecule has 22 heavy (non-hydrogen) atoms. The number of benzene rings is 1. The van der Waals surface area contributed by atoms with Gasteiger partial charge in [0.1, 0.15) is 6.10 Å². The molecule has 0 bridgehead atoms. The number of carbonyl (C=O) groups is 1. The van der Waals surface area contributed by atoms with Crippen LogP contribution in [0.1, 0.15) is 26.2 Å². The van der Waals surface area contributed by atoms with E-state index in [0.717, 1.165) is 5.71 Å². The summed E-state index contributed by atoms with van der Waals surface area (Å²) in [5, 5.41) is 3.82. The topological polar surface area (TPSA) is 51.1 Å². The van der Waals surface area contributed by atoms with Gasteiger partial charge in [0.15, 0.2) is 11.6 Å². The van der Waals surface area contributed by atoms with Crippen LogP contribution in [0.5, 0.6) is 5.75 Å². The maximum Gasteiger partial charge on any atom is 0.266 e. The van der Waals surface area contributed by atoms with Crippen molar-refractivity contribution in [3.8, 4) is 5.75 Å². The zero-order valence-electron chi connectivity index (χ0n) is 12.5. The zero-order valence-corrected chi connectivity index (χ0v) is 12.5. The molecule has 0 aromatic heterocycles. The van der Waals surface area contributed by atoms with Crippen LogP contribution in [0.15, 0.2) is 29.4 Å². The molecule has 3 rings (SSSR count). The van der Waals surface area contributed by atoms with E-state index in [9.17, 15) is 9.18 Å². The number of rotatable bonds is 3. The number of ether oxygens (including phenoxy) is 1. The van der Waals surface area contributed by atoms with E-state index in [4.69, 9.17) is 9.57 Å². The number of nitrogens with zero attached hydrogens (tertiary/aromatic N) is 2. The summed E-state index contributed by atoms with van der Waals surface area (Å²) >= 11 is 0. The standard InChI is InChI=1S/C16H19FN2O3/c1-11-10-15(22-18-11)16(20)19-8-6-12(7-9-19)21-14-5-3-2-4-13(14)17/h2-5,12,15H,6-10H2,1H3. The highest BCUT2D eigenvalue weighted by atomic mass is 19.1. The van der Waals surface area contributed by atoms with E-state index >= 15 is 0 Å². The van der Waals surface area contributed by atoms with Gasteiger partial charge in [-0.3, -0.25) is 4.79 Å². The average Bonchev–Trinajstić information content (AvgIpc) is 2.96. The highest BCUT2D eigenvalue weighted by Crippen LogP contribution is 2.23. The van der Waals surface area contributed by atoms with Crippen molar-refractivity contribution in [1.82, 2.24) is 4.90 Å². The van der Waals surface area contributed by atoms with Gasteiger partial charge in [0.05, 0.1) is 5.71 Å². The molecule has 2 heterocycles. The summed E-state index contributed by atoms with van der Waals surface area (Å²) < 4.78 is 19.3. The molecular weight excluding hydrogens is 287 g/mol. The summed E-state index contributed by atoms with van der Waals surface area (Å²) in [4.78, 5) is 19.2. The highest BCUT2D eigenvalue weighted by Gasteiger charge is 2.33. The Kier molecular flexibility index (Phi) is 4.27. The number of oxime groups is 1. The molecule has 1 amide bonds. The Balaban J connectivity index is 1.50. The number of para-hydroxylation sites is 1. The summed E-state index contributed by atoms with van der Waals surface area (Å²) in [6.07, 6.45) is 1.39. The predicted molar refractivity (Wildman–Crippen MR) is 79.2 cm³/mol. The second-order valence-electron chi connectivity index (χ2n) is 5.70. The van der Waals surface area contributed by atoms with Crippen LogP contribution in [0.2, 0.25) is 0 Å². The van der Waals surface area contributed by atoms with Crippen molar-refractivity contribution in [3.05, 3.63) is 30.1 Å². The average molecular weight is 306 g/mol. The van der Waals surface area contributed by atoms with Crippen molar-refractivity contribution < 1.29 is 18.8 Å². The molecule has 118 valence electrons. The molecule has 0 N–H and O–H groups in total. The first-order chi connectivity index (χ1) is 10.6. The van der Waals surface area contributed by atoms with Gasteiger partial charge in [0, 0.05) is 32.4 Å². The highest BCUT2D eigenvalue weighted by molar-refractivity contribution is 5.91. The first-order valence-electron chi connectivity index (χ1n) is 7.53. The Morgan fingerprint density at radius 3 is 2.73 bits per heavy atom. The molecule has 2 aliphatic rings. The fraction of sp³-hybridized carbons (Fsp3) is 0.500. The first kappa shape index (κ1) is 14.8. The summed E-state index contributed by atoms with van der Waals surface area (Å²) in [5.74, 6) is -0.103. The Hall–Kier alpha value is -2.11. The molecule has 2 aliphatic heterocycles. The molecule has 1 fully saturated rings. The van der Waals surface area contributed by atoms with E-state index in [1.165, 1.54) is 6.07 Å². The van der Waals surface area contributed by atoms with E-state index in [0.29, 0.717) is 32.4 Å². The van der Waals surface area contributed by atoms with Gasteiger partial charge in [0.25, 0.3) is 5.91 Å². The number of amides is 1. The summed E-state index contributed by atoms with van der Waals surface area (Å²) in [7, 11) is 0. The summed E-state index contributed by atoms with van der Waals surface area (Å²) in [6.45, 7) is 3.04. The molecule has 1 aromatic carbocycles. The van der Waals surface area contributed by atoms with Crippen molar-refractivity contribution in [2.75, 3.05) is 13.1 Å². The molecule has 1 aromatic rings. The van der Waals surface area contributed by atoms with Gasteiger partial charge in [-0.25, -0.2) is 4.39 Å². The number of hydrogen-bond donors (Lipinski definition) is 0. The molecule has 5 nitrogen and oxygen atoms in total. The normalized spacial score (nSPS) is 22.2. The van der Waals surface area contributed by atoms with Crippen LogP contribution in [0, 0.1) is 5.82 Å². The Labute approximate surface area is 128 Å². The van der Waals surface area contributed by atoms with Gasteiger partial charge in [-0.1, -0.05) is 17.3 Å². The molecule has 0 radical (unpaired) electrons. The van der Waals surface area contributed by atoms with Gasteiger partial charge in [-0.2, -0.15) is 0 Å². The lowest BCUT2D eigenvalue weighted by Crippen LogP contribution is -2.46. The Morgan fingerprint density at radius 2 is 2.09 bits per heavy atom. The molecular formula is C16H19FN2O3. The van der Waals surface area contributed by atoms with Crippen LogP contribution >= 0.6 is 0 Å². The third-order valence-corrected chi connectivity index (χ3v) is 3.98. The first-order valence-corrected chi connectivity index (χ1v) is 7.53. The number of hydrogen-bond acceptors (Lipinski definition) is 4. The van der Waals surface area contributed by atoms with Crippen molar-refractivity contribution >= 4 is 11.6 Å². The van der Waals surface area contributed by atoms with Crippen LogP contribution < -0.4 is 4.74 Å². The second kappa shape index (κ2) is 6.34. The Bertz CT molecular complexity index is 583. The Morgan fingerprint density at radius 1 is 1.36 bits per heavy atom. The monoisotopic (exact) mass is 306 g/mol. The van der Waals surface area contributed by atoms with Crippen LogP contribution in [0.3, 0.4) is 0 Å². The lowest BCUT2D eigenvalue weighted by Gasteiger charge is -2.33. The van der Waals surface area contributed by atoms with Crippen molar-refractivity contribution in [2.45, 2.75) is 38.4 Å². The smallest absolute Gasteiger partial charge is 0.266 e. The van der Waals surface area contributed by atoms with Crippen molar-refractivity contribution in [1.29, 1.82) is 0 Å². The van der Waals surface area contributed by atoms with Crippen LogP contribution in [0.25, 0.3) is 0 Å². The van der Waals surface area contributed by atoms with Crippen LogP contribution in [-0.4, -0.2) is 41.8 Å². The molecule has 0 aliphatic carbocycles. The minimum Gasteiger partial charge on any atom is -0.487 e. The van der Waals surface area contributed by atoms with Gasteiger partial charge >= 0.3 is 0 Å². The van der Waals surface area contributed by atoms with E-state index in [1.807, 2.05) is 6.92 Å². The van der Waals surface area contributed by atoms with Gasteiger partial charge in [-0.15, -0.1) is 0 Å². The molecule has 0 spiro atoms. The molecule has 1 atom stereocenters. The van der Waals surface area contributed by atoms with Crippen molar-refractivity contribution in [3.63, 3.8) is 0 Å². The second-order valence-corrected chi connectivity index (χ2v) is 5.70. The maximum atomic E-state index is 13.6. The summed E-state index contributed by atoms with van der Waals surface area (Å²) in [6, 6.07) is 6.39. The van der Waals surface area contributed by atoms with Crippen molar-refractivity contribution in [2.24, 2.45) is 5.16 Å². The van der Waals surface area contributed by atoms with Gasteiger partial charge in [-0.05, 0) is 19.1 Å². The summed E-state index contributed by atoms with van der Waals surface area (Å²) in [5.41, 5.74) is 0.844. The third-order valence-electron chi connectivity index (χ3n) is 3.98.